The fraction of sp³-hybridized carbons (Fsp3) is 0.562. The number of carbonyl (C=O) groups is 1. The number of nitrogens with zero attached hydrogens (tertiary/aromatic N) is 1. The molecule has 0 aromatic heterocycles. The molecule has 132 valence electrons. The van der Waals surface area contributed by atoms with E-state index in [9.17, 15) is 14.9 Å². The summed E-state index contributed by atoms with van der Waals surface area (Å²) in [7, 11) is 0. The van der Waals surface area contributed by atoms with Gasteiger partial charge in [0, 0.05) is 23.7 Å². The first-order valence-electron chi connectivity index (χ1n) is 8.06. The quantitative estimate of drug-likeness (QED) is 0.436. The highest BCUT2D eigenvalue weighted by Gasteiger charge is 2.40. The minimum absolute atomic E-state index is 0. The number of carbonyl (C=O) groups excluding carboxylic acids is 1. The van der Waals surface area contributed by atoms with Gasteiger partial charge in [-0.05, 0) is 49.7 Å². The zero-order chi connectivity index (χ0) is 16.6. The third-order valence-corrected chi connectivity index (χ3v) is 5.16. The molecule has 2 bridgehead atoms. The van der Waals surface area contributed by atoms with Gasteiger partial charge in [0.25, 0.3) is 11.6 Å². The summed E-state index contributed by atoms with van der Waals surface area (Å²) in [5, 5.41) is 14.0. The van der Waals surface area contributed by atoms with Gasteiger partial charge in [-0.25, -0.2) is 0 Å². The van der Waals surface area contributed by atoms with Crippen LogP contribution in [0.5, 0.6) is 0 Å². The van der Waals surface area contributed by atoms with Gasteiger partial charge in [0.05, 0.1) is 4.92 Å². The fourth-order valence-electron chi connectivity index (χ4n) is 4.10. The molecule has 1 amide bonds. The molecule has 8 heteroatoms. The summed E-state index contributed by atoms with van der Waals surface area (Å²) in [6.45, 7) is 0. The van der Waals surface area contributed by atoms with Gasteiger partial charge in [-0.2, -0.15) is 0 Å². The lowest BCUT2D eigenvalue weighted by molar-refractivity contribution is -0.383. The lowest BCUT2D eigenvalue weighted by Gasteiger charge is -2.45. The van der Waals surface area contributed by atoms with Crippen molar-refractivity contribution in [3.8, 4) is 0 Å². The van der Waals surface area contributed by atoms with Gasteiger partial charge in [0.1, 0.15) is 5.69 Å². The number of hydrogen-bond acceptors (Lipinski definition) is 5. The Kier molecular flexibility index (Phi) is 5.66. The van der Waals surface area contributed by atoms with Crippen LogP contribution >= 0.6 is 12.4 Å². The molecular weight excluding hydrogens is 332 g/mol. The zero-order valence-corrected chi connectivity index (χ0v) is 14.1. The summed E-state index contributed by atoms with van der Waals surface area (Å²) in [6.07, 6.45) is 5.21. The van der Waals surface area contributed by atoms with Crippen molar-refractivity contribution in [3.05, 3.63) is 33.9 Å². The van der Waals surface area contributed by atoms with E-state index in [0.29, 0.717) is 11.8 Å². The summed E-state index contributed by atoms with van der Waals surface area (Å²) in [4.78, 5) is 22.9. The first-order valence-corrected chi connectivity index (χ1v) is 8.06. The van der Waals surface area contributed by atoms with Gasteiger partial charge in [-0.3, -0.25) is 14.9 Å². The number of nitrogen functional groups attached to an aromatic ring is 1. The zero-order valence-electron chi connectivity index (χ0n) is 13.3. The number of hydrogen-bond donors (Lipinski definition) is 3. The minimum Gasteiger partial charge on any atom is -0.393 e. The van der Waals surface area contributed by atoms with Crippen LogP contribution in [0.3, 0.4) is 0 Å². The van der Waals surface area contributed by atoms with Crippen molar-refractivity contribution >= 4 is 29.7 Å². The molecule has 1 aromatic rings. The summed E-state index contributed by atoms with van der Waals surface area (Å²) < 4.78 is 0. The molecule has 0 heterocycles. The maximum atomic E-state index is 12.5. The second-order valence-corrected chi connectivity index (χ2v) is 6.71. The maximum absolute atomic E-state index is 12.5. The third-order valence-electron chi connectivity index (χ3n) is 5.16. The molecule has 0 spiro atoms. The molecular formula is C16H23ClN4O3. The Hall–Kier alpha value is -1.86. The number of fused-ring (bicyclic) bond motifs is 2. The highest BCUT2D eigenvalue weighted by molar-refractivity contribution is 5.95. The largest absolute Gasteiger partial charge is 0.393 e. The summed E-state index contributed by atoms with van der Waals surface area (Å²) in [5.41, 5.74) is 11.8. The van der Waals surface area contributed by atoms with Crippen LogP contribution in [0, 0.1) is 22.0 Å². The van der Waals surface area contributed by atoms with Crippen LogP contribution in [0.4, 0.5) is 11.4 Å². The van der Waals surface area contributed by atoms with Crippen molar-refractivity contribution in [2.75, 3.05) is 5.73 Å². The van der Waals surface area contributed by atoms with Gasteiger partial charge < -0.3 is 16.8 Å². The van der Waals surface area contributed by atoms with E-state index in [1.54, 1.807) is 0 Å². The molecule has 2 fully saturated rings. The van der Waals surface area contributed by atoms with Gasteiger partial charge in [0.15, 0.2) is 0 Å². The van der Waals surface area contributed by atoms with Crippen LogP contribution < -0.4 is 16.8 Å². The summed E-state index contributed by atoms with van der Waals surface area (Å²) in [5.74, 6) is 0.543. The Balaban J connectivity index is 0.00000208. The van der Waals surface area contributed by atoms with Gasteiger partial charge >= 0.3 is 0 Å². The number of amides is 1. The summed E-state index contributed by atoms with van der Waals surface area (Å²) >= 11 is 0. The van der Waals surface area contributed by atoms with Crippen molar-refractivity contribution in [2.24, 2.45) is 17.6 Å². The van der Waals surface area contributed by atoms with E-state index in [1.165, 1.54) is 24.6 Å². The topological polar surface area (TPSA) is 124 Å². The van der Waals surface area contributed by atoms with Crippen molar-refractivity contribution < 1.29 is 9.72 Å². The van der Waals surface area contributed by atoms with Crippen molar-refractivity contribution in [1.29, 1.82) is 0 Å². The molecule has 0 radical (unpaired) electrons. The predicted octanol–water partition coefficient (Wildman–Crippen LogP) is 2.23. The third kappa shape index (κ3) is 3.62. The Morgan fingerprint density at radius 3 is 2.46 bits per heavy atom. The number of halogens is 1. The van der Waals surface area contributed by atoms with E-state index >= 15 is 0 Å². The Labute approximate surface area is 146 Å². The molecule has 0 saturated heterocycles. The first kappa shape index (κ1) is 18.5. The Morgan fingerprint density at radius 2 is 1.88 bits per heavy atom. The van der Waals surface area contributed by atoms with Gasteiger partial charge in [-0.15, -0.1) is 12.4 Å². The van der Waals surface area contributed by atoms with E-state index in [0.717, 1.165) is 25.7 Å². The highest BCUT2D eigenvalue weighted by atomic mass is 35.5. The molecule has 2 unspecified atom stereocenters. The molecule has 5 N–H and O–H groups in total. The van der Waals surface area contributed by atoms with Gasteiger partial charge in [-0.1, -0.05) is 6.42 Å². The number of nitrogens with one attached hydrogen (secondary N) is 1. The van der Waals surface area contributed by atoms with Crippen LogP contribution in [-0.2, 0) is 0 Å². The van der Waals surface area contributed by atoms with E-state index in [1.807, 2.05) is 0 Å². The lowest BCUT2D eigenvalue weighted by Crippen LogP contribution is -2.53. The Bertz CT molecular complexity index is 626. The van der Waals surface area contributed by atoms with Gasteiger partial charge in [0.2, 0.25) is 0 Å². The average Bonchev–Trinajstić information content (AvgIpc) is 2.48. The first-order chi connectivity index (χ1) is 11.0. The van der Waals surface area contributed by atoms with Crippen LogP contribution in [0.25, 0.3) is 0 Å². The second kappa shape index (κ2) is 7.36. The highest BCUT2D eigenvalue weighted by Crippen LogP contribution is 2.39. The molecule has 2 aliphatic rings. The monoisotopic (exact) mass is 354 g/mol. The number of nitrogens with two attached hydrogens (primary N) is 2. The minimum atomic E-state index is -0.569. The number of rotatable bonds is 3. The second-order valence-electron chi connectivity index (χ2n) is 6.71. The molecule has 1 aromatic carbocycles. The molecule has 7 nitrogen and oxygen atoms in total. The molecule has 2 atom stereocenters. The SMILES string of the molecule is Cl.Nc1ccc(C(=O)NC2C3CCCC2CC(N)C3)cc1[N+](=O)[O-]. The predicted molar refractivity (Wildman–Crippen MR) is 94.1 cm³/mol. The van der Waals surface area contributed by atoms with Crippen LogP contribution in [-0.4, -0.2) is 22.9 Å². The van der Waals surface area contributed by atoms with Crippen molar-refractivity contribution in [1.82, 2.24) is 5.32 Å². The summed E-state index contributed by atoms with van der Waals surface area (Å²) in [6, 6.07) is 4.52. The van der Waals surface area contributed by atoms with Crippen molar-refractivity contribution in [3.63, 3.8) is 0 Å². The maximum Gasteiger partial charge on any atom is 0.292 e. The molecule has 2 aliphatic carbocycles. The smallest absolute Gasteiger partial charge is 0.292 e. The van der Waals surface area contributed by atoms with Crippen LogP contribution in [0.1, 0.15) is 42.5 Å². The fourth-order valence-corrected chi connectivity index (χ4v) is 4.10. The average molecular weight is 355 g/mol. The number of anilines is 1. The van der Waals surface area contributed by atoms with Crippen molar-refractivity contribution in [2.45, 2.75) is 44.2 Å². The number of nitro groups is 1. The van der Waals surface area contributed by atoms with E-state index in [2.05, 4.69) is 5.32 Å². The normalized spacial score (nSPS) is 28.5. The van der Waals surface area contributed by atoms with E-state index in [-0.39, 0.29) is 47.3 Å². The molecule has 24 heavy (non-hydrogen) atoms. The molecule has 3 rings (SSSR count). The molecule has 2 saturated carbocycles. The lowest BCUT2D eigenvalue weighted by atomic mass is 9.67. The standard InChI is InChI=1S/C16H22N4O3.ClH/c17-12-6-9-2-1-3-10(7-12)15(9)19-16(21)11-4-5-13(18)14(8-11)20(22)23;/h4-5,8-10,12,15H,1-3,6-7,17-18H2,(H,19,21);1H. The molecule has 0 aliphatic heterocycles. The van der Waals surface area contributed by atoms with Crippen LogP contribution in [0.15, 0.2) is 18.2 Å². The van der Waals surface area contributed by atoms with E-state index in [4.69, 9.17) is 11.5 Å². The Morgan fingerprint density at radius 1 is 1.25 bits per heavy atom. The van der Waals surface area contributed by atoms with E-state index < -0.39 is 4.92 Å². The number of benzene rings is 1. The van der Waals surface area contributed by atoms with Crippen LogP contribution in [0.2, 0.25) is 0 Å². The number of nitro benzene ring substituents is 1.